The Morgan fingerprint density at radius 2 is 1.86 bits per heavy atom. The number of ether oxygens (including phenoxy) is 2. The molecular weight excluding hydrogens is 517 g/mol. The fourth-order valence-electron chi connectivity index (χ4n) is 3.69. The van der Waals surface area contributed by atoms with E-state index in [9.17, 15) is 32.1 Å². The molecule has 37 heavy (non-hydrogen) atoms. The Hall–Kier alpha value is -2.19. The van der Waals surface area contributed by atoms with Gasteiger partial charge in [-0.15, -0.1) is 0 Å². The quantitative estimate of drug-likeness (QED) is 0.147. The molecule has 0 saturated carbocycles. The summed E-state index contributed by atoms with van der Waals surface area (Å²) in [5, 5.41) is 7.18. The molecule has 1 aromatic carbocycles. The van der Waals surface area contributed by atoms with Gasteiger partial charge in [0, 0.05) is 19.4 Å². The van der Waals surface area contributed by atoms with Gasteiger partial charge in [-0.3, -0.25) is 14.4 Å². The number of carbonyl (C=O) groups excluding carboxylic acids is 4. The number of alkyl carbamates (subject to hydrolysis) is 1. The summed E-state index contributed by atoms with van der Waals surface area (Å²) >= 11 is 0. The molecule has 1 aliphatic heterocycles. The van der Waals surface area contributed by atoms with Gasteiger partial charge in [0.2, 0.25) is 17.3 Å². The first-order valence-electron chi connectivity index (χ1n) is 12.3. The number of hydrogen-bond donors (Lipinski definition) is 3. The summed E-state index contributed by atoms with van der Waals surface area (Å²) in [4.78, 5) is 49.4. The third kappa shape index (κ3) is 11.4. The molecule has 0 bridgehead atoms. The Morgan fingerprint density at radius 1 is 1.22 bits per heavy atom. The molecule has 1 aromatic rings. The van der Waals surface area contributed by atoms with Crippen LogP contribution in [-0.2, 0) is 40.5 Å². The zero-order valence-electron chi connectivity index (χ0n) is 23.2. The number of nitrogens with one attached hydrogen (secondary N) is 3. The average Bonchev–Trinajstić information content (AvgIpc) is 3.20. The van der Waals surface area contributed by atoms with E-state index in [1.54, 1.807) is 32.0 Å². The zero-order valence-corrected chi connectivity index (χ0v) is 24.0. The Kier molecular flexibility index (Phi) is 12.1. The largest absolute Gasteiger partial charge is 1.00 e. The maximum Gasteiger partial charge on any atom is 1.00 e. The van der Waals surface area contributed by atoms with E-state index in [4.69, 9.17) is 12.2 Å². The molecule has 0 spiro atoms. The molecule has 1 heterocycles. The molecule has 14 heteroatoms. The van der Waals surface area contributed by atoms with Crippen LogP contribution in [0, 0.1) is 11.8 Å². The molecule has 1 aliphatic rings. The molecule has 3 amide bonds. The maximum atomic E-state index is 13.2. The van der Waals surface area contributed by atoms with Crippen LogP contribution in [0.4, 0.5) is 4.79 Å². The SMILES string of the molecule is [2H]C([2H])(OC(=O)N[C@@H](CC(C)C)C(=O)N[C@@H](C[C@@H]1CCNC1=O)C(OC(C)=O)S(=O)(=O)[O-])c1ccccc1.[Na+]. The van der Waals surface area contributed by atoms with Crippen molar-refractivity contribution in [3.05, 3.63) is 35.9 Å². The number of carbonyl (C=O) groups is 4. The Labute approximate surface area is 241 Å². The summed E-state index contributed by atoms with van der Waals surface area (Å²) in [5.74, 6) is -3.39. The molecule has 2 rings (SSSR count). The molecule has 3 N–H and O–H groups in total. The van der Waals surface area contributed by atoms with Crippen molar-refractivity contribution in [2.75, 3.05) is 6.54 Å². The Balaban J connectivity index is 0.00000760. The van der Waals surface area contributed by atoms with Crippen molar-refractivity contribution >= 4 is 34.0 Å². The van der Waals surface area contributed by atoms with Crippen LogP contribution in [0.1, 0.15) is 48.3 Å². The average molecular weight is 552 g/mol. The summed E-state index contributed by atoms with van der Waals surface area (Å²) in [6, 6.07) is 4.63. The van der Waals surface area contributed by atoms with Crippen molar-refractivity contribution in [2.24, 2.45) is 11.8 Å². The predicted molar refractivity (Wildman–Crippen MR) is 126 cm³/mol. The van der Waals surface area contributed by atoms with Gasteiger partial charge in [-0.25, -0.2) is 13.2 Å². The minimum atomic E-state index is -5.29. The minimum Gasteiger partial charge on any atom is -0.745 e. The number of esters is 1. The summed E-state index contributed by atoms with van der Waals surface area (Å²) in [6.07, 6.45) is -1.27. The standard InChI is InChI=1S/C23H33N3O9S.Na/c1-14(2)11-18(26-23(30)34-13-16-7-5-4-6-8-16)21(29)25-19(12-17-9-10-24-20(17)28)22(35-15(3)27)36(31,32)33;/h4-8,14,17-19,22H,9-13H2,1-3H3,(H,24,28)(H,25,29)(H,26,30)(H,31,32,33);/q;+1/p-1/t17-,18-,19-,22?;/m0./s1/i13D2;. The van der Waals surface area contributed by atoms with Crippen LogP contribution in [0.2, 0.25) is 0 Å². The molecule has 12 nitrogen and oxygen atoms in total. The van der Waals surface area contributed by atoms with E-state index in [0.717, 1.165) is 6.92 Å². The topological polar surface area (TPSA) is 180 Å². The van der Waals surface area contributed by atoms with Gasteiger partial charge >= 0.3 is 41.6 Å². The van der Waals surface area contributed by atoms with E-state index in [2.05, 4.69) is 16.0 Å². The van der Waals surface area contributed by atoms with Crippen LogP contribution in [0.5, 0.6) is 0 Å². The molecule has 1 unspecified atom stereocenters. The minimum absolute atomic E-state index is 0. The molecule has 1 fully saturated rings. The van der Waals surface area contributed by atoms with Crippen LogP contribution in [-0.4, -0.2) is 60.9 Å². The van der Waals surface area contributed by atoms with Gasteiger partial charge in [0.1, 0.15) is 22.7 Å². The first kappa shape index (κ1) is 29.4. The number of benzene rings is 1. The van der Waals surface area contributed by atoms with Gasteiger partial charge in [0.25, 0.3) is 0 Å². The molecule has 0 aliphatic carbocycles. The second-order valence-corrected chi connectivity index (χ2v) is 10.2. The van der Waals surface area contributed by atoms with Crippen LogP contribution >= 0.6 is 0 Å². The first-order valence-corrected chi connectivity index (χ1v) is 12.8. The van der Waals surface area contributed by atoms with Gasteiger partial charge in [-0.1, -0.05) is 44.2 Å². The third-order valence-electron chi connectivity index (χ3n) is 5.28. The van der Waals surface area contributed by atoms with Gasteiger partial charge in [-0.2, -0.15) is 0 Å². The summed E-state index contributed by atoms with van der Waals surface area (Å²) in [6.45, 7) is 2.14. The Morgan fingerprint density at radius 3 is 2.38 bits per heavy atom. The second kappa shape index (κ2) is 15.3. The van der Waals surface area contributed by atoms with Gasteiger partial charge < -0.3 is 30.0 Å². The van der Waals surface area contributed by atoms with E-state index in [-0.39, 0.29) is 53.9 Å². The molecular formula is C23H32N3NaO9S. The van der Waals surface area contributed by atoms with Gasteiger partial charge in [0.15, 0.2) is 0 Å². The molecule has 4 atom stereocenters. The molecule has 0 radical (unpaired) electrons. The van der Waals surface area contributed by atoms with Crippen molar-refractivity contribution in [3.8, 4) is 0 Å². The number of rotatable bonds is 12. The van der Waals surface area contributed by atoms with E-state index in [0.29, 0.717) is 13.0 Å². The van der Waals surface area contributed by atoms with Crippen molar-refractivity contribution in [3.63, 3.8) is 0 Å². The Bertz CT molecular complexity index is 1120. The molecule has 0 aromatic heterocycles. The normalized spacial score (nSPS) is 18.7. The maximum absolute atomic E-state index is 13.2. The number of amides is 3. The zero-order chi connectivity index (χ0) is 28.7. The summed E-state index contributed by atoms with van der Waals surface area (Å²) in [5.41, 5.74) is -2.27. The first-order chi connectivity index (χ1) is 17.6. The van der Waals surface area contributed by atoms with Crippen LogP contribution in [0.3, 0.4) is 0 Å². The van der Waals surface area contributed by atoms with Gasteiger partial charge in [-0.05, 0) is 30.7 Å². The third-order valence-corrected chi connectivity index (χ3v) is 6.27. The monoisotopic (exact) mass is 551 g/mol. The van der Waals surface area contributed by atoms with Crippen molar-refractivity contribution in [2.45, 2.75) is 64.1 Å². The predicted octanol–water partition coefficient (Wildman–Crippen LogP) is -2.22. The van der Waals surface area contributed by atoms with Gasteiger partial charge in [0.05, 0.1) is 8.78 Å². The van der Waals surface area contributed by atoms with Crippen molar-refractivity contribution < 1.29 is 73.9 Å². The van der Waals surface area contributed by atoms with E-state index >= 15 is 0 Å². The molecule has 1 saturated heterocycles. The van der Waals surface area contributed by atoms with Crippen molar-refractivity contribution in [1.29, 1.82) is 0 Å². The number of hydrogen-bond acceptors (Lipinski definition) is 9. The van der Waals surface area contributed by atoms with Crippen LogP contribution < -0.4 is 45.5 Å². The summed E-state index contributed by atoms with van der Waals surface area (Å²) in [7, 11) is -5.29. The fourth-order valence-corrected chi connectivity index (χ4v) is 4.52. The van der Waals surface area contributed by atoms with E-state index < -0.39 is 64.0 Å². The van der Waals surface area contributed by atoms with Crippen LogP contribution in [0.15, 0.2) is 30.3 Å². The van der Waals surface area contributed by atoms with Crippen LogP contribution in [0.25, 0.3) is 0 Å². The van der Waals surface area contributed by atoms with E-state index in [1.807, 2.05) is 0 Å². The molecule has 200 valence electrons. The fraction of sp³-hybridized carbons (Fsp3) is 0.565. The second-order valence-electron chi connectivity index (χ2n) is 8.78. The van der Waals surface area contributed by atoms with E-state index in [1.165, 1.54) is 12.1 Å². The smallest absolute Gasteiger partial charge is 0.745 e. The summed E-state index contributed by atoms with van der Waals surface area (Å²) < 4.78 is 61.5. The van der Waals surface area contributed by atoms with Crippen molar-refractivity contribution in [1.82, 2.24) is 16.0 Å².